The van der Waals surface area contributed by atoms with Gasteiger partial charge in [0.15, 0.2) is 0 Å². The van der Waals surface area contributed by atoms with Crippen LogP contribution >= 0.6 is 0 Å². The molecule has 0 radical (unpaired) electrons. The highest BCUT2D eigenvalue weighted by Crippen LogP contribution is 2.08. The van der Waals surface area contributed by atoms with E-state index in [1.807, 2.05) is 60.7 Å². The van der Waals surface area contributed by atoms with Gasteiger partial charge in [-0.2, -0.15) is 0 Å². The first kappa shape index (κ1) is 17.9. The van der Waals surface area contributed by atoms with Gasteiger partial charge in [0, 0.05) is 0 Å². The molecule has 0 atom stereocenters. The van der Waals surface area contributed by atoms with Crippen LogP contribution in [0.2, 0.25) is 0 Å². The van der Waals surface area contributed by atoms with Gasteiger partial charge in [-0.1, -0.05) is 71.1 Å². The van der Waals surface area contributed by atoms with Gasteiger partial charge in [-0.3, -0.25) is 10.0 Å². The molecule has 0 aliphatic carbocycles. The molecular weight excluding hydrogens is 304 g/mol. The number of rotatable bonds is 10. The number of hydrogen-bond donors (Lipinski definition) is 2. The third kappa shape index (κ3) is 6.36. The smallest absolute Gasteiger partial charge is 0.0629 e. The highest BCUT2D eigenvalue weighted by Gasteiger charge is 2.06. The Labute approximate surface area is 142 Å². The van der Waals surface area contributed by atoms with Crippen LogP contribution in [0, 0.1) is 0 Å². The standard InChI is InChI=1S/C18H24N4O2/c23-13-11-21(15-17-7-3-1-4-8-17)19-20-22(12-14-24)16-18-9-5-2-6-10-18/h1-10,23-24H,11-16H2/b20-19+. The molecule has 0 saturated heterocycles. The minimum absolute atomic E-state index is 0.00450. The Hall–Kier alpha value is -2.44. The summed E-state index contributed by atoms with van der Waals surface area (Å²) >= 11 is 0. The first-order valence-corrected chi connectivity index (χ1v) is 8.03. The van der Waals surface area contributed by atoms with Gasteiger partial charge >= 0.3 is 0 Å². The fraction of sp³-hybridized carbons (Fsp3) is 0.333. The fourth-order valence-corrected chi connectivity index (χ4v) is 2.24. The zero-order chi connectivity index (χ0) is 17.0. The second-order valence-electron chi connectivity index (χ2n) is 5.37. The van der Waals surface area contributed by atoms with E-state index in [0.717, 1.165) is 11.1 Å². The van der Waals surface area contributed by atoms with E-state index in [4.69, 9.17) is 0 Å². The zero-order valence-corrected chi connectivity index (χ0v) is 13.7. The van der Waals surface area contributed by atoms with Gasteiger partial charge in [0.25, 0.3) is 0 Å². The van der Waals surface area contributed by atoms with Gasteiger partial charge < -0.3 is 10.2 Å². The minimum atomic E-state index is 0.00450. The van der Waals surface area contributed by atoms with Crippen molar-refractivity contribution in [2.45, 2.75) is 13.1 Å². The Bertz CT molecular complexity index is 539. The summed E-state index contributed by atoms with van der Waals surface area (Å²) in [6.07, 6.45) is 0. The van der Waals surface area contributed by atoms with E-state index >= 15 is 0 Å². The van der Waals surface area contributed by atoms with Crippen molar-refractivity contribution in [3.63, 3.8) is 0 Å². The van der Waals surface area contributed by atoms with Crippen molar-refractivity contribution in [1.82, 2.24) is 10.0 Å². The highest BCUT2D eigenvalue weighted by atomic mass is 16.3. The van der Waals surface area contributed by atoms with Crippen molar-refractivity contribution in [3.8, 4) is 0 Å². The Morgan fingerprint density at radius 1 is 0.625 bits per heavy atom. The van der Waals surface area contributed by atoms with E-state index in [2.05, 4.69) is 10.4 Å². The molecule has 0 aromatic heterocycles. The molecule has 0 aliphatic heterocycles. The summed E-state index contributed by atoms with van der Waals surface area (Å²) in [6, 6.07) is 19.8. The van der Waals surface area contributed by atoms with Crippen molar-refractivity contribution in [2.24, 2.45) is 10.4 Å². The van der Waals surface area contributed by atoms with Crippen molar-refractivity contribution in [1.29, 1.82) is 0 Å². The molecule has 0 aliphatic rings. The molecule has 6 nitrogen and oxygen atoms in total. The van der Waals surface area contributed by atoms with E-state index in [1.54, 1.807) is 10.0 Å². The zero-order valence-electron chi connectivity index (χ0n) is 13.7. The summed E-state index contributed by atoms with van der Waals surface area (Å²) < 4.78 is 0. The van der Waals surface area contributed by atoms with E-state index < -0.39 is 0 Å². The van der Waals surface area contributed by atoms with Gasteiger partial charge in [-0.05, 0) is 11.1 Å². The summed E-state index contributed by atoms with van der Waals surface area (Å²) in [6.45, 7) is 1.95. The van der Waals surface area contributed by atoms with E-state index in [0.29, 0.717) is 26.2 Å². The third-order valence-electron chi connectivity index (χ3n) is 3.43. The molecule has 0 heterocycles. The lowest BCUT2D eigenvalue weighted by Crippen LogP contribution is -2.24. The van der Waals surface area contributed by atoms with Gasteiger partial charge in [0.2, 0.25) is 0 Å². The van der Waals surface area contributed by atoms with Crippen molar-refractivity contribution in [2.75, 3.05) is 26.3 Å². The predicted octanol–water partition coefficient (Wildman–Crippen LogP) is 2.26. The SMILES string of the molecule is OCCN(Cc1ccccc1)/N=N/N(CCO)Cc1ccccc1. The molecule has 0 amide bonds. The van der Waals surface area contributed by atoms with Crippen LogP contribution in [0.25, 0.3) is 0 Å². The van der Waals surface area contributed by atoms with E-state index in [9.17, 15) is 10.2 Å². The average Bonchev–Trinajstić information content (AvgIpc) is 2.62. The molecule has 128 valence electrons. The first-order valence-electron chi connectivity index (χ1n) is 8.03. The van der Waals surface area contributed by atoms with Gasteiger partial charge in [0.1, 0.15) is 0 Å². The van der Waals surface area contributed by atoms with Crippen LogP contribution in [0.3, 0.4) is 0 Å². The lowest BCUT2D eigenvalue weighted by Gasteiger charge is -2.20. The van der Waals surface area contributed by atoms with E-state index in [-0.39, 0.29) is 13.2 Å². The second-order valence-corrected chi connectivity index (χ2v) is 5.37. The topological polar surface area (TPSA) is 71.7 Å². The van der Waals surface area contributed by atoms with E-state index in [1.165, 1.54) is 0 Å². The third-order valence-corrected chi connectivity index (χ3v) is 3.43. The van der Waals surface area contributed by atoms with Gasteiger partial charge in [-0.25, -0.2) is 0 Å². The van der Waals surface area contributed by atoms with Gasteiger partial charge in [0.05, 0.1) is 39.4 Å². The summed E-state index contributed by atoms with van der Waals surface area (Å²) in [4.78, 5) is 0. The van der Waals surface area contributed by atoms with Crippen molar-refractivity contribution >= 4 is 0 Å². The van der Waals surface area contributed by atoms with Crippen LogP contribution < -0.4 is 0 Å². The summed E-state index contributed by atoms with van der Waals surface area (Å²) in [7, 11) is 0. The maximum atomic E-state index is 9.22. The van der Waals surface area contributed by atoms with Crippen LogP contribution in [0.15, 0.2) is 71.1 Å². The van der Waals surface area contributed by atoms with Crippen LogP contribution in [0.1, 0.15) is 11.1 Å². The predicted molar refractivity (Wildman–Crippen MR) is 92.7 cm³/mol. The molecule has 6 heteroatoms. The Balaban J connectivity index is 2.00. The number of nitrogens with zero attached hydrogens (tertiary/aromatic N) is 4. The van der Waals surface area contributed by atoms with Crippen molar-refractivity contribution in [3.05, 3.63) is 71.8 Å². The summed E-state index contributed by atoms with van der Waals surface area (Å²) in [5.41, 5.74) is 2.20. The number of aliphatic hydroxyl groups is 2. The summed E-state index contributed by atoms with van der Waals surface area (Å²) in [5.74, 6) is 0. The molecule has 2 aromatic carbocycles. The van der Waals surface area contributed by atoms with Crippen LogP contribution in [0.5, 0.6) is 0 Å². The second kappa shape index (κ2) is 10.4. The molecule has 0 fully saturated rings. The normalized spacial score (nSPS) is 10.9. The summed E-state index contributed by atoms with van der Waals surface area (Å²) in [5, 5.41) is 30.3. The molecule has 0 spiro atoms. The number of hydrogen-bond acceptors (Lipinski definition) is 4. The Morgan fingerprint density at radius 2 is 1.00 bits per heavy atom. The van der Waals surface area contributed by atoms with Crippen LogP contribution in [-0.4, -0.2) is 46.5 Å². The largest absolute Gasteiger partial charge is 0.394 e. The molecule has 0 bridgehead atoms. The van der Waals surface area contributed by atoms with Gasteiger partial charge in [-0.15, -0.1) is 0 Å². The highest BCUT2D eigenvalue weighted by molar-refractivity contribution is 5.15. The number of aliphatic hydroxyl groups excluding tert-OH is 2. The van der Waals surface area contributed by atoms with Crippen LogP contribution in [-0.2, 0) is 13.1 Å². The molecule has 0 saturated carbocycles. The Morgan fingerprint density at radius 3 is 1.33 bits per heavy atom. The number of benzene rings is 2. The lowest BCUT2D eigenvalue weighted by atomic mass is 10.2. The maximum absolute atomic E-state index is 9.22. The maximum Gasteiger partial charge on any atom is 0.0629 e. The molecule has 2 N–H and O–H groups in total. The minimum Gasteiger partial charge on any atom is -0.394 e. The molecule has 2 aromatic rings. The molecule has 24 heavy (non-hydrogen) atoms. The van der Waals surface area contributed by atoms with Crippen molar-refractivity contribution < 1.29 is 10.2 Å². The Kier molecular flexibility index (Phi) is 7.73. The fourth-order valence-electron chi connectivity index (χ4n) is 2.24. The monoisotopic (exact) mass is 328 g/mol. The first-order chi connectivity index (χ1) is 11.8. The quantitative estimate of drug-likeness (QED) is 0.518. The molecular formula is C18H24N4O2. The average molecular weight is 328 g/mol. The molecule has 0 unspecified atom stereocenters. The van der Waals surface area contributed by atoms with Crippen LogP contribution in [0.4, 0.5) is 0 Å². The molecule has 2 rings (SSSR count). The lowest BCUT2D eigenvalue weighted by molar-refractivity contribution is 0.139.